The summed E-state index contributed by atoms with van der Waals surface area (Å²) in [5.41, 5.74) is 2.56. The first-order valence-electron chi connectivity index (χ1n) is 10.7. The topological polar surface area (TPSA) is 64.0 Å². The van der Waals surface area contributed by atoms with E-state index < -0.39 is 5.25 Å². The highest BCUT2D eigenvalue weighted by Crippen LogP contribution is 2.24. The molecule has 1 unspecified atom stereocenters. The lowest BCUT2D eigenvalue weighted by atomic mass is 10.1. The molecule has 162 valence electrons. The number of nitrogens with zero attached hydrogens (tertiary/aromatic N) is 2. The number of aromatic nitrogens is 2. The predicted molar refractivity (Wildman–Crippen MR) is 131 cm³/mol. The Labute approximate surface area is 191 Å². The lowest BCUT2D eigenvalue weighted by molar-refractivity contribution is -0.115. The molecular formula is C26H25N3O2S. The number of aryl methyl sites for hydroxylation is 1. The number of carbonyl (C=O) groups excluding carboxylic acids is 1. The number of nitrogens with one attached hydrogen (secondary N) is 1. The Hall–Kier alpha value is -3.38. The van der Waals surface area contributed by atoms with Crippen LogP contribution in [0.4, 0.5) is 5.69 Å². The van der Waals surface area contributed by atoms with Crippen LogP contribution in [0.2, 0.25) is 0 Å². The molecule has 0 saturated carbocycles. The molecule has 0 fully saturated rings. The van der Waals surface area contributed by atoms with Crippen LogP contribution in [0.3, 0.4) is 0 Å². The number of amides is 1. The summed E-state index contributed by atoms with van der Waals surface area (Å²) >= 11 is 1.31. The van der Waals surface area contributed by atoms with E-state index in [2.05, 4.69) is 17.4 Å². The minimum Gasteiger partial charge on any atom is -0.325 e. The third kappa shape index (κ3) is 5.26. The molecule has 32 heavy (non-hydrogen) atoms. The first-order valence-corrected chi connectivity index (χ1v) is 11.6. The van der Waals surface area contributed by atoms with Gasteiger partial charge in [0, 0.05) is 12.2 Å². The van der Waals surface area contributed by atoms with Crippen molar-refractivity contribution >= 4 is 34.3 Å². The summed E-state index contributed by atoms with van der Waals surface area (Å²) < 4.78 is 1.71. The second-order valence-corrected chi connectivity index (χ2v) is 8.88. The van der Waals surface area contributed by atoms with E-state index in [1.165, 1.54) is 17.3 Å². The summed E-state index contributed by atoms with van der Waals surface area (Å²) in [6.45, 7) is 2.37. The normalized spacial score (nSPS) is 11.9. The minimum atomic E-state index is -0.413. The van der Waals surface area contributed by atoms with Crippen LogP contribution in [-0.4, -0.2) is 20.7 Å². The minimum absolute atomic E-state index is 0.0678. The van der Waals surface area contributed by atoms with Crippen LogP contribution in [0, 0.1) is 0 Å². The standard InChI is InChI=1S/C26H25N3O2S/c1-19(24(30)27-21-14-6-3-7-15-21)32-26-28-23-17-9-8-16-22(23)25(31)29(26)18-10-13-20-11-4-2-5-12-20/h2-9,11-12,14-17,19H,10,13,18H2,1H3,(H,27,30). The van der Waals surface area contributed by atoms with Crippen LogP contribution in [0.15, 0.2) is 94.9 Å². The van der Waals surface area contributed by atoms with E-state index in [0.29, 0.717) is 22.6 Å². The number of thioether (sulfide) groups is 1. The van der Waals surface area contributed by atoms with Gasteiger partial charge in [0.05, 0.1) is 16.2 Å². The molecule has 1 amide bonds. The average Bonchev–Trinajstić information content (AvgIpc) is 2.82. The van der Waals surface area contributed by atoms with Gasteiger partial charge in [0.1, 0.15) is 0 Å². The zero-order chi connectivity index (χ0) is 22.3. The highest BCUT2D eigenvalue weighted by atomic mass is 32.2. The molecular weight excluding hydrogens is 418 g/mol. The number of carbonyl (C=O) groups is 1. The van der Waals surface area contributed by atoms with Gasteiger partial charge < -0.3 is 5.32 Å². The molecule has 0 bridgehead atoms. The summed E-state index contributed by atoms with van der Waals surface area (Å²) in [6, 6.07) is 26.9. The Bertz CT molecular complexity index is 1260. The number of benzene rings is 3. The van der Waals surface area contributed by atoms with Crippen LogP contribution < -0.4 is 10.9 Å². The molecule has 1 N–H and O–H groups in total. The number of hydrogen-bond donors (Lipinski definition) is 1. The Morgan fingerprint density at radius 2 is 1.62 bits per heavy atom. The van der Waals surface area contributed by atoms with Crippen LogP contribution >= 0.6 is 11.8 Å². The maximum atomic E-state index is 13.2. The van der Waals surface area contributed by atoms with Crippen molar-refractivity contribution in [2.24, 2.45) is 0 Å². The van der Waals surface area contributed by atoms with Crippen LogP contribution in [0.25, 0.3) is 10.9 Å². The predicted octanol–water partition coefficient (Wildman–Crippen LogP) is 5.15. The van der Waals surface area contributed by atoms with E-state index in [9.17, 15) is 9.59 Å². The van der Waals surface area contributed by atoms with Gasteiger partial charge in [-0.2, -0.15) is 0 Å². The number of rotatable bonds is 8. The zero-order valence-electron chi connectivity index (χ0n) is 17.9. The van der Waals surface area contributed by atoms with Crippen molar-refractivity contribution in [2.45, 2.75) is 36.7 Å². The quantitative estimate of drug-likeness (QED) is 0.302. The van der Waals surface area contributed by atoms with Gasteiger partial charge in [0.15, 0.2) is 5.16 Å². The molecule has 0 aliphatic carbocycles. The van der Waals surface area contributed by atoms with Crippen molar-refractivity contribution in [3.8, 4) is 0 Å². The van der Waals surface area contributed by atoms with Crippen LogP contribution in [0.1, 0.15) is 18.9 Å². The summed E-state index contributed by atoms with van der Waals surface area (Å²) in [6.07, 6.45) is 1.68. The fourth-order valence-electron chi connectivity index (χ4n) is 3.50. The number of hydrogen-bond acceptors (Lipinski definition) is 4. The third-order valence-corrected chi connectivity index (χ3v) is 6.30. The first-order chi connectivity index (χ1) is 15.6. The summed E-state index contributed by atoms with van der Waals surface area (Å²) in [5.74, 6) is -0.126. The molecule has 5 nitrogen and oxygen atoms in total. The molecule has 1 heterocycles. The van der Waals surface area contributed by atoms with Gasteiger partial charge in [-0.25, -0.2) is 4.98 Å². The fraction of sp³-hybridized carbons (Fsp3) is 0.192. The van der Waals surface area contributed by atoms with Crippen LogP contribution in [-0.2, 0) is 17.8 Å². The molecule has 6 heteroatoms. The largest absolute Gasteiger partial charge is 0.325 e. The van der Waals surface area contributed by atoms with Crippen molar-refractivity contribution in [1.82, 2.24) is 9.55 Å². The first kappa shape index (κ1) is 21.8. The summed E-state index contributed by atoms with van der Waals surface area (Å²) in [5, 5.41) is 3.67. The van der Waals surface area contributed by atoms with Crippen molar-refractivity contribution in [3.05, 3.63) is 101 Å². The maximum absolute atomic E-state index is 13.2. The third-order valence-electron chi connectivity index (χ3n) is 5.21. The smallest absolute Gasteiger partial charge is 0.262 e. The monoisotopic (exact) mass is 443 g/mol. The Kier molecular flexibility index (Phi) is 7.02. The Morgan fingerprint density at radius 1 is 0.969 bits per heavy atom. The Morgan fingerprint density at radius 3 is 2.38 bits per heavy atom. The number of para-hydroxylation sites is 2. The van der Waals surface area contributed by atoms with E-state index in [-0.39, 0.29) is 11.5 Å². The molecule has 3 aromatic carbocycles. The van der Waals surface area contributed by atoms with Crippen molar-refractivity contribution in [2.75, 3.05) is 5.32 Å². The average molecular weight is 444 g/mol. The maximum Gasteiger partial charge on any atom is 0.262 e. The molecule has 0 saturated heterocycles. The number of fused-ring (bicyclic) bond motifs is 1. The van der Waals surface area contributed by atoms with Crippen molar-refractivity contribution in [1.29, 1.82) is 0 Å². The van der Waals surface area contributed by atoms with Gasteiger partial charge in [-0.3, -0.25) is 14.2 Å². The molecule has 1 atom stereocenters. The highest BCUT2D eigenvalue weighted by molar-refractivity contribution is 8.00. The molecule has 0 radical (unpaired) electrons. The van der Waals surface area contributed by atoms with Crippen LogP contribution in [0.5, 0.6) is 0 Å². The molecule has 0 aliphatic heterocycles. The summed E-state index contributed by atoms with van der Waals surface area (Å²) in [4.78, 5) is 30.7. The molecule has 0 aliphatic rings. The zero-order valence-corrected chi connectivity index (χ0v) is 18.7. The molecule has 1 aromatic heterocycles. The van der Waals surface area contributed by atoms with Gasteiger partial charge in [0.25, 0.3) is 5.56 Å². The lowest BCUT2D eigenvalue weighted by Crippen LogP contribution is -2.27. The fourth-order valence-corrected chi connectivity index (χ4v) is 4.43. The second kappa shape index (κ2) is 10.3. The second-order valence-electron chi connectivity index (χ2n) is 7.57. The van der Waals surface area contributed by atoms with E-state index in [0.717, 1.165) is 18.5 Å². The number of anilines is 1. The van der Waals surface area contributed by atoms with Crippen molar-refractivity contribution < 1.29 is 4.79 Å². The Balaban J connectivity index is 1.56. The molecule has 0 spiro atoms. The van der Waals surface area contributed by atoms with E-state index in [1.54, 1.807) is 10.6 Å². The van der Waals surface area contributed by atoms with Gasteiger partial charge in [-0.05, 0) is 49.6 Å². The highest BCUT2D eigenvalue weighted by Gasteiger charge is 2.19. The summed E-state index contributed by atoms with van der Waals surface area (Å²) in [7, 11) is 0. The molecule has 4 rings (SSSR count). The van der Waals surface area contributed by atoms with Crippen molar-refractivity contribution in [3.63, 3.8) is 0 Å². The van der Waals surface area contributed by atoms with E-state index >= 15 is 0 Å². The van der Waals surface area contributed by atoms with Gasteiger partial charge in [0.2, 0.25) is 5.91 Å². The molecule has 4 aromatic rings. The lowest BCUT2D eigenvalue weighted by Gasteiger charge is -2.16. The SMILES string of the molecule is CC(Sc1nc2ccccc2c(=O)n1CCCc1ccccc1)C(=O)Nc1ccccc1. The van der Waals surface area contributed by atoms with Gasteiger partial charge in [-0.15, -0.1) is 0 Å². The van der Waals surface area contributed by atoms with E-state index in [4.69, 9.17) is 4.98 Å². The van der Waals surface area contributed by atoms with Gasteiger partial charge >= 0.3 is 0 Å². The van der Waals surface area contributed by atoms with E-state index in [1.807, 2.05) is 73.7 Å². The van der Waals surface area contributed by atoms with Gasteiger partial charge in [-0.1, -0.05) is 72.4 Å².